The fraction of sp³-hybridized carbons (Fsp3) is 0.867. The van der Waals surface area contributed by atoms with Crippen LogP contribution < -0.4 is 5.69 Å². The maximum absolute atomic E-state index is 12.4. The first-order chi connectivity index (χ1) is 10.9. The number of hydrogen-bond donors (Lipinski definition) is 0. The Morgan fingerprint density at radius 2 is 1.74 bits per heavy atom. The summed E-state index contributed by atoms with van der Waals surface area (Å²) in [5.74, 6) is 1.18. The Kier molecular flexibility index (Phi) is 4.64. The number of aromatic nitrogens is 3. The lowest BCUT2D eigenvalue weighted by Gasteiger charge is -2.31. The molecule has 1 aliphatic heterocycles. The Hall–Kier alpha value is -1.15. The van der Waals surface area contributed by atoms with E-state index in [2.05, 4.69) is 5.10 Å². The zero-order valence-corrected chi connectivity index (χ0v) is 14.8. The zero-order valence-electron chi connectivity index (χ0n) is 13.9. The van der Waals surface area contributed by atoms with Crippen LogP contribution in [0.2, 0.25) is 0 Å². The molecule has 2 fully saturated rings. The van der Waals surface area contributed by atoms with Crippen molar-refractivity contribution >= 4 is 10.0 Å². The van der Waals surface area contributed by atoms with Crippen molar-refractivity contribution in [2.75, 3.05) is 18.8 Å². The molecule has 1 saturated heterocycles. The van der Waals surface area contributed by atoms with E-state index < -0.39 is 10.0 Å². The first kappa shape index (κ1) is 16.7. The van der Waals surface area contributed by atoms with E-state index in [-0.39, 0.29) is 23.4 Å². The number of rotatable bonds is 4. The average molecular weight is 342 g/mol. The summed E-state index contributed by atoms with van der Waals surface area (Å²) >= 11 is 0. The van der Waals surface area contributed by atoms with Gasteiger partial charge >= 0.3 is 5.69 Å². The molecule has 1 aliphatic carbocycles. The van der Waals surface area contributed by atoms with Crippen LogP contribution in [-0.2, 0) is 17.1 Å². The highest BCUT2D eigenvalue weighted by Crippen LogP contribution is 2.33. The largest absolute Gasteiger partial charge is 0.345 e. The van der Waals surface area contributed by atoms with Crippen LogP contribution in [0.5, 0.6) is 0 Å². The van der Waals surface area contributed by atoms with Gasteiger partial charge in [0.2, 0.25) is 10.0 Å². The Morgan fingerprint density at radius 1 is 1.13 bits per heavy atom. The molecule has 0 atom stereocenters. The van der Waals surface area contributed by atoms with Gasteiger partial charge in [0.25, 0.3) is 0 Å². The smallest absolute Gasteiger partial charge is 0.276 e. The van der Waals surface area contributed by atoms with Crippen molar-refractivity contribution in [3.8, 4) is 0 Å². The summed E-state index contributed by atoms with van der Waals surface area (Å²) < 4.78 is 28.9. The third kappa shape index (κ3) is 3.10. The molecular formula is C15H26N4O3S. The van der Waals surface area contributed by atoms with Crippen molar-refractivity contribution in [1.82, 2.24) is 18.7 Å². The van der Waals surface area contributed by atoms with Gasteiger partial charge < -0.3 is 0 Å². The molecule has 23 heavy (non-hydrogen) atoms. The SMILES string of the molecule is CCS(=O)(=O)N1CCC(c2nn(C)c(=O)n2C2CCCC2)CC1. The maximum Gasteiger partial charge on any atom is 0.345 e. The topological polar surface area (TPSA) is 77.2 Å². The van der Waals surface area contributed by atoms with Crippen LogP contribution in [0.25, 0.3) is 0 Å². The fourth-order valence-corrected chi connectivity index (χ4v) is 4.99. The van der Waals surface area contributed by atoms with Crippen molar-refractivity contribution in [1.29, 1.82) is 0 Å². The lowest BCUT2D eigenvalue weighted by atomic mass is 9.97. The van der Waals surface area contributed by atoms with Gasteiger partial charge in [0.05, 0.1) is 5.75 Å². The molecule has 0 spiro atoms. The lowest BCUT2D eigenvalue weighted by Crippen LogP contribution is -2.39. The summed E-state index contributed by atoms with van der Waals surface area (Å²) in [7, 11) is -1.41. The van der Waals surface area contributed by atoms with Crippen LogP contribution in [0, 0.1) is 0 Å². The van der Waals surface area contributed by atoms with E-state index in [9.17, 15) is 13.2 Å². The van der Waals surface area contributed by atoms with Gasteiger partial charge in [0.1, 0.15) is 5.82 Å². The van der Waals surface area contributed by atoms with Crippen LogP contribution in [0.3, 0.4) is 0 Å². The maximum atomic E-state index is 12.4. The predicted octanol–water partition coefficient (Wildman–Crippen LogP) is 1.23. The van der Waals surface area contributed by atoms with Gasteiger partial charge in [-0.1, -0.05) is 12.8 Å². The van der Waals surface area contributed by atoms with E-state index in [1.54, 1.807) is 18.3 Å². The lowest BCUT2D eigenvalue weighted by molar-refractivity contribution is 0.304. The molecule has 2 heterocycles. The van der Waals surface area contributed by atoms with Gasteiger partial charge in [0, 0.05) is 32.1 Å². The second-order valence-corrected chi connectivity index (χ2v) is 8.90. The number of nitrogens with zero attached hydrogens (tertiary/aromatic N) is 4. The van der Waals surface area contributed by atoms with Crippen LogP contribution >= 0.6 is 0 Å². The van der Waals surface area contributed by atoms with Gasteiger partial charge in [-0.3, -0.25) is 4.57 Å². The van der Waals surface area contributed by atoms with Crippen LogP contribution in [0.4, 0.5) is 0 Å². The van der Waals surface area contributed by atoms with Gasteiger partial charge in [-0.05, 0) is 32.6 Å². The summed E-state index contributed by atoms with van der Waals surface area (Å²) in [6, 6.07) is 0.267. The summed E-state index contributed by atoms with van der Waals surface area (Å²) in [5.41, 5.74) is -0.0319. The quantitative estimate of drug-likeness (QED) is 0.824. The molecule has 0 unspecified atom stereocenters. The molecule has 0 aromatic carbocycles. The highest BCUT2D eigenvalue weighted by molar-refractivity contribution is 7.89. The minimum Gasteiger partial charge on any atom is -0.276 e. The zero-order chi connectivity index (χ0) is 16.6. The minimum atomic E-state index is -3.12. The summed E-state index contributed by atoms with van der Waals surface area (Å²) in [5, 5.41) is 4.48. The standard InChI is InChI=1S/C15H26N4O3S/c1-3-23(21,22)18-10-8-12(9-11-18)14-16-17(2)15(20)19(14)13-6-4-5-7-13/h12-13H,3-11H2,1-2H3. The molecule has 2 aliphatic rings. The van der Waals surface area contributed by atoms with E-state index in [4.69, 9.17) is 0 Å². The van der Waals surface area contributed by atoms with Crippen molar-refractivity contribution in [3.05, 3.63) is 16.3 Å². The van der Waals surface area contributed by atoms with Gasteiger partial charge in [-0.25, -0.2) is 22.2 Å². The van der Waals surface area contributed by atoms with Gasteiger partial charge in [-0.15, -0.1) is 0 Å². The first-order valence-electron chi connectivity index (χ1n) is 8.57. The highest BCUT2D eigenvalue weighted by Gasteiger charge is 2.32. The fourth-order valence-electron chi connectivity index (χ4n) is 3.86. The van der Waals surface area contributed by atoms with E-state index in [0.29, 0.717) is 13.1 Å². The summed E-state index contributed by atoms with van der Waals surface area (Å²) in [6.45, 7) is 2.73. The molecule has 7 nitrogen and oxygen atoms in total. The normalized spacial score (nSPS) is 22.0. The monoisotopic (exact) mass is 342 g/mol. The summed E-state index contributed by atoms with van der Waals surface area (Å²) in [6.07, 6.45) is 5.89. The van der Waals surface area contributed by atoms with Crippen LogP contribution in [0.1, 0.15) is 63.2 Å². The molecule has 0 amide bonds. The molecule has 8 heteroatoms. The molecule has 130 valence electrons. The predicted molar refractivity (Wildman–Crippen MR) is 88.0 cm³/mol. The van der Waals surface area contributed by atoms with Crippen molar-refractivity contribution in [2.24, 2.45) is 7.05 Å². The second kappa shape index (κ2) is 6.39. The molecular weight excluding hydrogens is 316 g/mol. The molecule has 0 radical (unpaired) electrons. The molecule has 0 N–H and O–H groups in total. The van der Waals surface area contributed by atoms with Crippen LogP contribution in [-0.4, -0.2) is 45.9 Å². The van der Waals surface area contributed by atoms with Crippen molar-refractivity contribution < 1.29 is 8.42 Å². The molecule has 1 aromatic rings. The average Bonchev–Trinajstić information content (AvgIpc) is 3.16. The molecule has 0 bridgehead atoms. The number of piperidine rings is 1. The Labute approximate surface area is 137 Å². The third-order valence-corrected chi connectivity index (χ3v) is 7.13. The molecule has 3 rings (SSSR count). The first-order valence-corrected chi connectivity index (χ1v) is 10.2. The number of hydrogen-bond acceptors (Lipinski definition) is 4. The molecule has 1 saturated carbocycles. The van der Waals surface area contributed by atoms with E-state index >= 15 is 0 Å². The van der Waals surface area contributed by atoms with Crippen molar-refractivity contribution in [2.45, 2.75) is 57.4 Å². The number of aryl methyl sites for hydroxylation is 1. The van der Waals surface area contributed by atoms with E-state index in [1.165, 1.54) is 17.5 Å². The minimum absolute atomic E-state index is 0.0319. The number of sulfonamides is 1. The third-order valence-electron chi connectivity index (χ3n) is 5.25. The van der Waals surface area contributed by atoms with E-state index in [1.807, 2.05) is 4.57 Å². The summed E-state index contributed by atoms with van der Waals surface area (Å²) in [4.78, 5) is 12.4. The second-order valence-electron chi connectivity index (χ2n) is 6.65. The van der Waals surface area contributed by atoms with Crippen LogP contribution in [0.15, 0.2) is 4.79 Å². The van der Waals surface area contributed by atoms with Gasteiger partial charge in [-0.2, -0.15) is 5.10 Å². The van der Waals surface area contributed by atoms with E-state index in [0.717, 1.165) is 31.5 Å². The Balaban J connectivity index is 1.81. The highest BCUT2D eigenvalue weighted by atomic mass is 32.2. The molecule has 1 aromatic heterocycles. The van der Waals surface area contributed by atoms with Crippen molar-refractivity contribution in [3.63, 3.8) is 0 Å². The van der Waals surface area contributed by atoms with Gasteiger partial charge in [0.15, 0.2) is 0 Å². The Morgan fingerprint density at radius 3 is 2.30 bits per heavy atom. The Bertz CT molecular complexity index is 708.